The molecule has 0 radical (unpaired) electrons. The monoisotopic (exact) mass is 257 g/mol. The molecular formula is C11H13BrFN. The fraction of sp³-hybridized carbons (Fsp3) is 0.273. The highest BCUT2D eigenvalue weighted by Crippen LogP contribution is 2.19. The van der Waals surface area contributed by atoms with Crippen LogP contribution in [0.25, 0.3) is 6.08 Å². The van der Waals surface area contributed by atoms with Gasteiger partial charge in [-0.1, -0.05) is 24.3 Å². The lowest BCUT2D eigenvalue weighted by molar-refractivity contribution is 0.618. The molecule has 1 nitrogen and oxygen atoms in total. The largest absolute Gasteiger partial charge is 0.319 e. The van der Waals surface area contributed by atoms with E-state index in [2.05, 4.69) is 21.2 Å². The minimum absolute atomic E-state index is 0.201. The maximum Gasteiger partial charge on any atom is 0.144 e. The standard InChI is InChI=1S/C11H13BrFN/c1-14-8-3-2-5-9-6-4-7-10(12)11(9)13/h2,4-7,14H,3,8H2,1H3/b5-2+. The predicted octanol–water partition coefficient (Wildman–Crippen LogP) is 3.21. The summed E-state index contributed by atoms with van der Waals surface area (Å²) >= 11 is 3.15. The van der Waals surface area contributed by atoms with Crippen LogP contribution in [0.5, 0.6) is 0 Å². The summed E-state index contributed by atoms with van der Waals surface area (Å²) in [5, 5.41) is 3.03. The summed E-state index contributed by atoms with van der Waals surface area (Å²) in [4.78, 5) is 0. The van der Waals surface area contributed by atoms with E-state index in [1.807, 2.05) is 19.2 Å². The fourth-order valence-electron chi connectivity index (χ4n) is 1.09. The Morgan fingerprint density at radius 3 is 3.00 bits per heavy atom. The smallest absolute Gasteiger partial charge is 0.144 e. The minimum Gasteiger partial charge on any atom is -0.319 e. The lowest BCUT2D eigenvalue weighted by atomic mass is 10.2. The third kappa shape index (κ3) is 3.24. The Bertz CT molecular complexity index is 323. The van der Waals surface area contributed by atoms with E-state index in [0.717, 1.165) is 13.0 Å². The molecule has 0 aliphatic heterocycles. The van der Waals surface area contributed by atoms with Crippen molar-refractivity contribution in [2.45, 2.75) is 6.42 Å². The number of nitrogens with one attached hydrogen (secondary N) is 1. The van der Waals surface area contributed by atoms with Crippen LogP contribution in [0.15, 0.2) is 28.7 Å². The average molecular weight is 258 g/mol. The molecule has 0 heterocycles. The molecular weight excluding hydrogens is 245 g/mol. The van der Waals surface area contributed by atoms with Crippen LogP contribution >= 0.6 is 15.9 Å². The SMILES string of the molecule is CNCC/C=C/c1cccc(Br)c1F. The van der Waals surface area contributed by atoms with Gasteiger partial charge >= 0.3 is 0 Å². The summed E-state index contributed by atoms with van der Waals surface area (Å²) in [5.41, 5.74) is 0.621. The molecule has 1 N–H and O–H groups in total. The molecule has 0 aromatic heterocycles. The van der Waals surface area contributed by atoms with Crippen molar-refractivity contribution in [2.75, 3.05) is 13.6 Å². The van der Waals surface area contributed by atoms with Gasteiger partial charge < -0.3 is 5.32 Å². The van der Waals surface area contributed by atoms with Crippen LogP contribution in [-0.2, 0) is 0 Å². The van der Waals surface area contributed by atoms with Crippen molar-refractivity contribution in [3.8, 4) is 0 Å². The first-order chi connectivity index (χ1) is 6.75. The van der Waals surface area contributed by atoms with Crippen LogP contribution in [0.4, 0.5) is 4.39 Å². The van der Waals surface area contributed by atoms with Gasteiger partial charge in [0.05, 0.1) is 4.47 Å². The second-order valence-electron chi connectivity index (χ2n) is 2.94. The second kappa shape index (κ2) is 5.94. The quantitative estimate of drug-likeness (QED) is 0.818. The van der Waals surface area contributed by atoms with Crippen molar-refractivity contribution in [1.82, 2.24) is 5.32 Å². The molecule has 14 heavy (non-hydrogen) atoms. The Morgan fingerprint density at radius 1 is 1.50 bits per heavy atom. The zero-order valence-electron chi connectivity index (χ0n) is 8.06. The summed E-state index contributed by atoms with van der Waals surface area (Å²) in [6.07, 6.45) is 4.67. The zero-order valence-corrected chi connectivity index (χ0v) is 9.64. The van der Waals surface area contributed by atoms with Crippen molar-refractivity contribution in [1.29, 1.82) is 0 Å². The summed E-state index contributed by atoms with van der Waals surface area (Å²) < 4.78 is 13.9. The average Bonchev–Trinajstić information content (AvgIpc) is 2.19. The van der Waals surface area contributed by atoms with E-state index in [-0.39, 0.29) is 5.82 Å². The molecule has 3 heteroatoms. The predicted molar refractivity (Wildman–Crippen MR) is 61.7 cm³/mol. The maximum atomic E-state index is 13.4. The van der Waals surface area contributed by atoms with Crippen molar-refractivity contribution in [2.24, 2.45) is 0 Å². The Labute approximate surface area is 92.1 Å². The maximum absolute atomic E-state index is 13.4. The lowest BCUT2D eigenvalue weighted by Crippen LogP contribution is -2.05. The van der Waals surface area contributed by atoms with Crippen LogP contribution in [0.1, 0.15) is 12.0 Å². The van der Waals surface area contributed by atoms with Crippen molar-refractivity contribution >= 4 is 22.0 Å². The highest BCUT2D eigenvalue weighted by atomic mass is 79.9. The van der Waals surface area contributed by atoms with Crippen LogP contribution in [-0.4, -0.2) is 13.6 Å². The first-order valence-electron chi connectivity index (χ1n) is 4.51. The Kier molecular flexibility index (Phi) is 4.84. The van der Waals surface area contributed by atoms with E-state index in [0.29, 0.717) is 10.0 Å². The van der Waals surface area contributed by atoms with E-state index in [1.165, 1.54) is 0 Å². The summed E-state index contributed by atoms with van der Waals surface area (Å²) in [5.74, 6) is -0.201. The van der Waals surface area contributed by atoms with Gasteiger partial charge in [0.15, 0.2) is 0 Å². The van der Waals surface area contributed by atoms with E-state index in [4.69, 9.17) is 0 Å². The number of halogens is 2. The highest BCUT2D eigenvalue weighted by Gasteiger charge is 2.01. The molecule has 76 valence electrons. The topological polar surface area (TPSA) is 12.0 Å². The molecule has 1 aromatic carbocycles. The molecule has 1 rings (SSSR count). The van der Waals surface area contributed by atoms with Crippen molar-refractivity contribution < 1.29 is 4.39 Å². The van der Waals surface area contributed by atoms with Gasteiger partial charge in [-0.15, -0.1) is 0 Å². The summed E-state index contributed by atoms with van der Waals surface area (Å²) in [6, 6.07) is 5.28. The van der Waals surface area contributed by atoms with Crippen molar-refractivity contribution in [3.63, 3.8) is 0 Å². The molecule has 0 fully saturated rings. The van der Waals surface area contributed by atoms with Gasteiger partial charge in [0.25, 0.3) is 0 Å². The van der Waals surface area contributed by atoms with Gasteiger partial charge in [-0.25, -0.2) is 4.39 Å². The normalized spacial score (nSPS) is 11.1. The Balaban J connectivity index is 2.67. The number of rotatable bonds is 4. The molecule has 0 saturated carbocycles. The van der Waals surface area contributed by atoms with E-state index in [1.54, 1.807) is 18.2 Å². The molecule has 0 spiro atoms. The van der Waals surface area contributed by atoms with Gasteiger partial charge in [-0.2, -0.15) is 0 Å². The van der Waals surface area contributed by atoms with Gasteiger partial charge in [0, 0.05) is 5.56 Å². The first kappa shape index (κ1) is 11.4. The van der Waals surface area contributed by atoms with Gasteiger partial charge in [-0.05, 0) is 42.0 Å². The summed E-state index contributed by atoms with van der Waals surface area (Å²) in [6.45, 7) is 0.909. The second-order valence-corrected chi connectivity index (χ2v) is 3.79. The van der Waals surface area contributed by atoms with E-state index >= 15 is 0 Å². The molecule has 0 aliphatic rings. The molecule has 0 bridgehead atoms. The zero-order chi connectivity index (χ0) is 10.4. The molecule has 0 saturated heterocycles. The van der Waals surface area contributed by atoms with Gasteiger partial charge in [0.2, 0.25) is 0 Å². The number of hydrogen-bond donors (Lipinski definition) is 1. The lowest BCUT2D eigenvalue weighted by Gasteiger charge is -1.98. The molecule has 0 aliphatic carbocycles. The van der Waals surface area contributed by atoms with Gasteiger partial charge in [0.1, 0.15) is 5.82 Å². The van der Waals surface area contributed by atoms with Crippen LogP contribution in [0.2, 0.25) is 0 Å². The molecule has 0 atom stereocenters. The Hall–Kier alpha value is -0.670. The highest BCUT2D eigenvalue weighted by molar-refractivity contribution is 9.10. The molecule has 0 unspecified atom stereocenters. The Morgan fingerprint density at radius 2 is 2.29 bits per heavy atom. The van der Waals surface area contributed by atoms with E-state index < -0.39 is 0 Å². The minimum atomic E-state index is -0.201. The van der Waals surface area contributed by atoms with Gasteiger partial charge in [-0.3, -0.25) is 0 Å². The third-order valence-corrected chi connectivity index (χ3v) is 2.45. The van der Waals surface area contributed by atoms with Crippen LogP contribution in [0.3, 0.4) is 0 Å². The third-order valence-electron chi connectivity index (χ3n) is 1.84. The van der Waals surface area contributed by atoms with E-state index in [9.17, 15) is 4.39 Å². The van der Waals surface area contributed by atoms with Crippen LogP contribution < -0.4 is 5.32 Å². The number of benzene rings is 1. The van der Waals surface area contributed by atoms with Crippen LogP contribution in [0, 0.1) is 5.82 Å². The fourth-order valence-corrected chi connectivity index (χ4v) is 1.47. The summed E-state index contributed by atoms with van der Waals surface area (Å²) in [7, 11) is 1.90. The molecule has 0 amide bonds. The van der Waals surface area contributed by atoms with Crippen molar-refractivity contribution in [3.05, 3.63) is 40.1 Å². The first-order valence-corrected chi connectivity index (χ1v) is 5.30. The molecule has 1 aromatic rings. The number of hydrogen-bond acceptors (Lipinski definition) is 1.